The molecule has 0 bridgehead atoms. The highest BCUT2D eigenvalue weighted by molar-refractivity contribution is 7.10. The Morgan fingerprint density at radius 1 is 1.52 bits per heavy atom. The fourth-order valence-corrected chi connectivity index (χ4v) is 3.59. The molecular weight excluding hydrogens is 284 g/mol. The third kappa shape index (κ3) is 3.04. The molecule has 0 aromatic carbocycles. The number of amides is 1. The number of fused-ring (bicyclic) bond motifs is 1. The molecule has 2 aromatic rings. The van der Waals surface area contributed by atoms with Gasteiger partial charge in [-0.15, -0.1) is 11.3 Å². The van der Waals surface area contributed by atoms with Crippen LogP contribution in [0.3, 0.4) is 0 Å². The highest BCUT2D eigenvalue weighted by Gasteiger charge is 2.22. The van der Waals surface area contributed by atoms with Crippen LogP contribution >= 0.6 is 11.3 Å². The van der Waals surface area contributed by atoms with Gasteiger partial charge in [-0.3, -0.25) is 9.69 Å². The summed E-state index contributed by atoms with van der Waals surface area (Å²) in [5, 5.41) is 5.14. The van der Waals surface area contributed by atoms with Gasteiger partial charge in [-0.25, -0.2) is 0 Å². The molecule has 0 radical (unpaired) electrons. The number of rotatable bonds is 4. The van der Waals surface area contributed by atoms with Crippen molar-refractivity contribution < 1.29 is 9.21 Å². The zero-order valence-corrected chi connectivity index (χ0v) is 13.2. The second-order valence-electron chi connectivity index (χ2n) is 5.58. The van der Waals surface area contributed by atoms with Crippen LogP contribution in [0.5, 0.6) is 0 Å². The van der Waals surface area contributed by atoms with Crippen molar-refractivity contribution >= 4 is 17.2 Å². The molecule has 5 heteroatoms. The number of carbonyl (C=O) groups excluding carboxylic acids is 1. The fourth-order valence-electron chi connectivity index (χ4n) is 2.70. The predicted octanol–water partition coefficient (Wildman–Crippen LogP) is 2.83. The van der Waals surface area contributed by atoms with Crippen molar-refractivity contribution in [3.63, 3.8) is 0 Å². The molecule has 3 heterocycles. The van der Waals surface area contributed by atoms with Crippen LogP contribution in [0.2, 0.25) is 0 Å². The average molecular weight is 304 g/mol. The number of aryl methyl sites for hydroxylation is 1. The normalized spacial score (nSPS) is 16.5. The summed E-state index contributed by atoms with van der Waals surface area (Å²) < 4.78 is 5.22. The third-order valence-electron chi connectivity index (χ3n) is 4.09. The molecule has 112 valence electrons. The Balaban J connectivity index is 1.54. The third-order valence-corrected chi connectivity index (χ3v) is 5.11. The molecule has 1 amide bonds. The molecule has 0 saturated carbocycles. The minimum atomic E-state index is -0.127. The van der Waals surface area contributed by atoms with Gasteiger partial charge >= 0.3 is 0 Å². The molecule has 1 aliphatic heterocycles. The largest absolute Gasteiger partial charge is 0.459 e. The van der Waals surface area contributed by atoms with Crippen LogP contribution in [0, 0.1) is 6.92 Å². The number of hydrogen-bond acceptors (Lipinski definition) is 4. The van der Waals surface area contributed by atoms with Gasteiger partial charge < -0.3 is 9.73 Å². The SMILES string of the molecule is Cc1ccoc1C(=O)NC[C@@H](C)N1CCc2sccc2C1. The summed E-state index contributed by atoms with van der Waals surface area (Å²) in [6, 6.07) is 4.34. The molecular formula is C16H20N2O2S. The van der Waals surface area contributed by atoms with Gasteiger partial charge in [0.15, 0.2) is 5.76 Å². The van der Waals surface area contributed by atoms with Crippen molar-refractivity contribution in [2.45, 2.75) is 32.9 Å². The quantitative estimate of drug-likeness (QED) is 0.945. The summed E-state index contributed by atoms with van der Waals surface area (Å²) in [6.07, 6.45) is 2.67. The van der Waals surface area contributed by atoms with Crippen molar-refractivity contribution in [1.82, 2.24) is 10.2 Å². The molecule has 1 atom stereocenters. The highest BCUT2D eigenvalue weighted by Crippen LogP contribution is 2.25. The summed E-state index contributed by atoms with van der Waals surface area (Å²) in [4.78, 5) is 16.0. The lowest BCUT2D eigenvalue weighted by molar-refractivity contribution is 0.0904. The number of nitrogens with one attached hydrogen (secondary N) is 1. The highest BCUT2D eigenvalue weighted by atomic mass is 32.1. The number of furan rings is 1. The number of carbonyl (C=O) groups is 1. The van der Waals surface area contributed by atoms with E-state index in [1.807, 2.05) is 18.3 Å². The Morgan fingerprint density at radius 2 is 2.38 bits per heavy atom. The molecule has 1 aliphatic rings. The van der Waals surface area contributed by atoms with Gasteiger partial charge in [-0.1, -0.05) is 0 Å². The molecule has 1 N–H and O–H groups in total. The Bertz CT molecular complexity index is 632. The molecule has 0 unspecified atom stereocenters. The van der Waals surface area contributed by atoms with E-state index in [-0.39, 0.29) is 5.91 Å². The van der Waals surface area contributed by atoms with E-state index in [0.717, 1.165) is 25.1 Å². The van der Waals surface area contributed by atoms with Crippen LogP contribution in [0.25, 0.3) is 0 Å². The molecule has 0 fully saturated rings. The van der Waals surface area contributed by atoms with E-state index in [1.165, 1.54) is 10.4 Å². The van der Waals surface area contributed by atoms with Crippen molar-refractivity contribution in [3.8, 4) is 0 Å². The van der Waals surface area contributed by atoms with Crippen LogP contribution in [0.15, 0.2) is 28.2 Å². The minimum absolute atomic E-state index is 0.127. The minimum Gasteiger partial charge on any atom is -0.459 e. The van der Waals surface area contributed by atoms with E-state index in [2.05, 4.69) is 28.6 Å². The van der Waals surface area contributed by atoms with E-state index in [4.69, 9.17) is 4.42 Å². The maximum atomic E-state index is 12.0. The van der Waals surface area contributed by atoms with Crippen LogP contribution in [-0.2, 0) is 13.0 Å². The van der Waals surface area contributed by atoms with Crippen LogP contribution in [0.4, 0.5) is 0 Å². The van der Waals surface area contributed by atoms with Crippen LogP contribution < -0.4 is 5.32 Å². The van der Waals surface area contributed by atoms with E-state index < -0.39 is 0 Å². The summed E-state index contributed by atoms with van der Waals surface area (Å²) >= 11 is 1.85. The monoisotopic (exact) mass is 304 g/mol. The molecule has 4 nitrogen and oxygen atoms in total. The summed E-state index contributed by atoms with van der Waals surface area (Å²) in [5.41, 5.74) is 2.31. The van der Waals surface area contributed by atoms with Crippen molar-refractivity contribution in [2.75, 3.05) is 13.1 Å². The zero-order chi connectivity index (χ0) is 14.8. The second-order valence-corrected chi connectivity index (χ2v) is 6.58. The van der Waals surface area contributed by atoms with Gasteiger partial charge in [0, 0.05) is 36.1 Å². The first-order valence-electron chi connectivity index (χ1n) is 7.26. The van der Waals surface area contributed by atoms with E-state index in [9.17, 15) is 4.79 Å². The maximum absolute atomic E-state index is 12.0. The van der Waals surface area contributed by atoms with Gasteiger partial charge in [0.25, 0.3) is 5.91 Å². The molecule has 21 heavy (non-hydrogen) atoms. The molecule has 0 spiro atoms. The Labute approximate surface area is 128 Å². The van der Waals surface area contributed by atoms with E-state index in [1.54, 1.807) is 12.3 Å². The Morgan fingerprint density at radius 3 is 3.14 bits per heavy atom. The first-order valence-corrected chi connectivity index (χ1v) is 8.14. The van der Waals surface area contributed by atoms with Gasteiger partial charge in [-0.2, -0.15) is 0 Å². The molecule has 2 aromatic heterocycles. The number of nitrogens with zero attached hydrogens (tertiary/aromatic N) is 1. The van der Waals surface area contributed by atoms with Crippen LogP contribution in [0.1, 0.15) is 33.5 Å². The lowest BCUT2D eigenvalue weighted by Crippen LogP contribution is -2.44. The topological polar surface area (TPSA) is 45.5 Å². The molecule has 0 saturated heterocycles. The predicted molar refractivity (Wildman–Crippen MR) is 83.7 cm³/mol. The van der Waals surface area contributed by atoms with Crippen molar-refractivity contribution in [3.05, 3.63) is 45.5 Å². The Hall–Kier alpha value is -1.59. The number of hydrogen-bond donors (Lipinski definition) is 1. The average Bonchev–Trinajstić information content (AvgIpc) is 3.11. The van der Waals surface area contributed by atoms with Gasteiger partial charge in [0.1, 0.15) is 0 Å². The molecule has 0 aliphatic carbocycles. The lowest BCUT2D eigenvalue weighted by Gasteiger charge is -2.32. The second kappa shape index (κ2) is 6.03. The Kier molecular flexibility index (Phi) is 4.12. The van der Waals surface area contributed by atoms with Crippen LogP contribution in [-0.4, -0.2) is 29.9 Å². The zero-order valence-electron chi connectivity index (χ0n) is 12.4. The maximum Gasteiger partial charge on any atom is 0.287 e. The van der Waals surface area contributed by atoms with Gasteiger partial charge in [-0.05, 0) is 43.3 Å². The van der Waals surface area contributed by atoms with Gasteiger partial charge in [0.05, 0.1) is 6.26 Å². The first-order chi connectivity index (χ1) is 10.1. The first kappa shape index (κ1) is 14.4. The van der Waals surface area contributed by atoms with E-state index >= 15 is 0 Å². The lowest BCUT2D eigenvalue weighted by atomic mass is 10.1. The van der Waals surface area contributed by atoms with Crippen molar-refractivity contribution in [2.24, 2.45) is 0 Å². The summed E-state index contributed by atoms with van der Waals surface area (Å²) in [5.74, 6) is 0.290. The fraction of sp³-hybridized carbons (Fsp3) is 0.438. The molecule has 3 rings (SSSR count). The number of thiophene rings is 1. The van der Waals surface area contributed by atoms with E-state index in [0.29, 0.717) is 18.3 Å². The standard InChI is InChI=1S/C16H20N2O2S/c1-11-4-7-20-15(11)16(19)17-9-12(2)18-6-3-14-13(10-18)5-8-21-14/h4-5,7-8,12H,3,6,9-10H2,1-2H3,(H,17,19)/t12-/m1/s1. The van der Waals surface area contributed by atoms with Crippen molar-refractivity contribution in [1.29, 1.82) is 0 Å². The summed E-state index contributed by atoms with van der Waals surface area (Å²) in [6.45, 7) is 6.72. The smallest absolute Gasteiger partial charge is 0.287 e. The van der Waals surface area contributed by atoms with Gasteiger partial charge in [0.2, 0.25) is 0 Å². The summed E-state index contributed by atoms with van der Waals surface area (Å²) in [7, 11) is 0.